The summed E-state index contributed by atoms with van der Waals surface area (Å²) in [5.41, 5.74) is 1.97. The zero-order chi connectivity index (χ0) is 18.5. The lowest BCUT2D eigenvalue weighted by Gasteiger charge is -2.38. The van der Waals surface area contributed by atoms with Gasteiger partial charge in [-0.1, -0.05) is 29.8 Å². The number of pyridine rings is 1. The largest absolute Gasteiger partial charge is 0.481 e. The van der Waals surface area contributed by atoms with Crippen LogP contribution in [0.15, 0.2) is 42.6 Å². The monoisotopic (exact) mass is 374 g/mol. The average molecular weight is 375 g/mol. The summed E-state index contributed by atoms with van der Waals surface area (Å²) >= 11 is 5.99. The van der Waals surface area contributed by atoms with Crippen LogP contribution >= 0.6 is 11.6 Å². The van der Waals surface area contributed by atoms with E-state index < -0.39 is 0 Å². The third-order valence-corrected chi connectivity index (χ3v) is 5.03. The van der Waals surface area contributed by atoms with Crippen molar-refractivity contribution in [1.82, 2.24) is 10.3 Å². The molecule has 0 bridgehead atoms. The van der Waals surface area contributed by atoms with Crippen LogP contribution < -0.4 is 10.1 Å². The van der Waals surface area contributed by atoms with E-state index in [9.17, 15) is 9.90 Å². The van der Waals surface area contributed by atoms with Gasteiger partial charge >= 0.3 is 0 Å². The van der Waals surface area contributed by atoms with E-state index in [4.69, 9.17) is 16.3 Å². The molecule has 0 spiro atoms. The molecule has 1 fully saturated rings. The first-order valence-corrected chi connectivity index (χ1v) is 9.14. The normalized spacial score (nSPS) is 20.1. The van der Waals surface area contributed by atoms with Gasteiger partial charge in [0.1, 0.15) is 0 Å². The Morgan fingerprint density at radius 3 is 2.81 bits per heavy atom. The van der Waals surface area contributed by atoms with Crippen LogP contribution in [0.5, 0.6) is 5.88 Å². The van der Waals surface area contributed by atoms with E-state index in [0.29, 0.717) is 36.6 Å². The number of nitrogens with zero attached hydrogens (tertiary/aromatic N) is 1. The lowest BCUT2D eigenvalue weighted by atomic mass is 9.75. The van der Waals surface area contributed by atoms with Gasteiger partial charge in [0.2, 0.25) is 11.8 Å². The summed E-state index contributed by atoms with van der Waals surface area (Å²) in [4.78, 5) is 16.7. The number of methoxy groups -OCH3 is 1. The van der Waals surface area contributed by atoms with Gasteiger partial charge in [-0.15, -0.1) is 0 Å². The topological polar surface area (TPSA) is 71.5 Å². The quantitative estimate of drug-likeness (QED) is 0.780. The number of carbonyl (C=O) groups excluding carboxylic acids is 1. The number of aryl methyl sites for hydroxylation is 1. The molecule has 1 heterocycles. The summed E-state index contributed by atoms with van der Waals surface area (Å²) in [5.74, 6) is 0.732. The summed E-state index contributed by atoms with van der Waals surface area (Å²) in [7, 11) is 1.57. The standard InChI is InChI=1S/C20H23ClN2O3/c1-26-19-8-6-14(12-22-19)20(15-10-17(24)11-15)23-18(25)7-5-13-3-2-4-16(21)9-13/h2-4,6,8-9,12,15,17,20,24H,5,7,10-11H2,1H3,(H,23,25)/t15?,17?,20-/m1/s1. The Labute approximate surface area is 158 Å². The van der Waals surface area contributed by atoms with E-state index in [1.807, 2.05) is 30.3 Å². The highest BCUT2D eigenvalue weighted by Gasteiger charge is 2.35. The Hall–Kier alpha value is -2.11. The number of aliphatic hydroxyl groups is 1. The first-order chi connectivity index (χ1) is 12.5. The number of ether oxygens (including phenoxy) is 1. The maximum atomic E-state index is 12.5. The number of aliphatic hydroxyl groups excluding tert-OH is 1. The van der Waals surface area contributed by atoms with Gasteiger partial charge in [0.25, 0.3) is 0 Å². The molecule has 26 heavy (non-hydrogen) atoms. The van der Waals surface area contributed by atoms with E-state index in [1.165, 1.54) is 0 Å². The smallest absolute Gasteiger partial charge is 0.220 e. The predicted molar refractivity (Wildman–Crippen MR) is 100 cm³/mol. The number of aromatic nitrogens is 1. The molecule has 1 aliphatic carbocycles. The average Bonchev–Trinajstić information content (AvgIpc) is 2.62. The van der Waals surface area contributed by atoms with Gasteiger partial charge in [-0.25, -0.2) is 4.98 Å². The van der Waals surface area contributed by atoms with Crippen molar-refractivity contribution in [1.29, 1.82) is 0 Å². The first-order valence-electron chi connectivity index (χ1n) is 8.77. The lowest BCUT2D eigenvalue weighted by molar-refractivity contribution is -0.123. The minimum atomic E-state index is -0.280. The fourth-order valence-electron chi connectivity index (χ4n) is 3.27. The van der Waals surface area contributed by atoms with Crippen LogP contribution in [-0.4, -0.2) is 29.2 Å². The van der Waals surface area contributed by atoms with E-state index in [-0.39, 0.29) is 24.0 Å². The Morgan fingerprint density at radius 2 is 2.19 bits per heavy atom. The van der Waals surface area contributed by atoms with Crippen LogP contribution in [0.25, 0.3) is 0 Å². The molecule has 3 rings (SSSR count). The number of nitrogens with one attached hydrogen (secondary N) is 1. The Morgan fingerprint density at radius 1 is 1.38 bits per heavy atom. The summed E-state index contributed by atoms with van der Waals surface area (Å²) in [6.07, 6.45) is 3.84. The van der Waals surface area contributed by atoms with Gasteiger partial charge in [0, 0.05) is 23.7 Å². The number of hydrogen-bond acceptors (Lipinski definition) is 4. The Balaban J connectivity index is 1.63. The molecular weight excluding hydrogens is 352 g/mol. The highest BCUT2D eigenvalue weighted by molar-refractivity contribution is 6.30. The number of halogens is 1. The van der Waals surface area contributed by atoms with E-state index in [2.05, 4.69) is 10.3 Å². The van der Waals surface area contributed by atoms with Crippen molar-refractivity contribution >= 4 is 17.5 Å². The fraction of sp³-hybridized carbons (Fsp3) is 0.400. The molecule has 1 aromatic heterocycles. The molecule has 1 saturated carbocycles. The molecular formula is C20H23ClN2O3. The molecule has 1 atom stereocenters. The molecule has 0 radical (unpaired) electrons. The summed E-state index contributed by atoms with van der Waals surface area (Å²) < 4.78 is 5.10. The second kappa shape index (κ2) is 8.52. The zero-order valence-corrected chi connectivity index (χ0v) is 15.4. The predicted octanol–water partition coefficient (Wildman–Crippen LogP) is 3.30. The minimum Gasteiger partial charge on any atom is -0.481 e. The second-order valence-corrected chi connectivity index (χ2v) is 7.13. The van der Waals surface area contributed by atoms with Crippen molar-refractivity contribution < 1.29 is 14.6 Å². The molecule has 2 aromatic rings. The van der Waals surface area contributed by atoms with Crippen molar-refractivity contribution in [2.24, 2.45) is 5.92 Å². The maximum Gasteiger partial charge on any atom is 0.220 e. The highest BCUT2D eigenvalue weighted by Crippen LogP contribution is 2.38. The third kappa shape index (κ3) is 4.74. The minimum absolute atomic E-state index is 0.0211. The fourth-order valence-corrected chi connectivity index (χ4v) is 3.48. The van der Waals surface area contributed by atoms with Crippen molar-refractivity contribution in [3.8, 4) is 5.88 Å². The number of amides is 1. The summed E-state index contributed by atoms with van der Waals surface area (Å²) in [5, 5.41) is 13.4. The maximum absolute atomic E-state index is 12.5. The van der Waals surface area contributed by atoms with E-state index >= 15 is 0 Å². The van der Waals surface area contributed by atoms with Gasteiger partial charge in [-0.2, -0.15) is 0 Å². The second-order valence-electron chi connectivity index (χ2n) is 6.69. The van der Waals surface area contributed by atoms with Crippen molar-refractivity contribution in [3.63, 3.8) is 0 Å². The Bertz CT molecular complexity index is 745. The van der Waals surface area contributed by atoms with Crippen LogP contribution in [0.2, 0.25) is 5.02 Å². The molecule has 2 N–H and O–H groups in total. The molecule has 0 aliphatic heterocycles. The molecule has 138 valence electrons. The lowest BCUT2D eigenvalue weighted by Crippen LogP contribution is -2.41. The summed E-state index contributed by atoms with van der Waals surface area (Å²) in [6, 6.07) is 11.1. The third-order valence-electron chi connectivity index (χ3n) is 4.79. The van der Waals surface area contributed by atoms with Crippen LogP contribution in [0.4, 0.5) is 0 Å². The van der Waals surface area contributed by atoms with Gasteiger partial charge in [-0.3, -0.25) is 4.79 Å². The van der Waals surface area contributed by atoms with Gasteiger partial charge < -0.3 is 15.2 Å². The van der Waals surface area contributed by atoms with E-state index in [1.54, 1.807) is 19.4 Å². The summed E-state index contributed by atoms with van der Waals surface area (Å²) in [6.45, 7) is 0. The number of benzene rings is 1. The van der Waals surface area contributed by atoms with Crippen LogP contribution in [0, 0.1) is 5.92 Å². The SMILES string of the molecule is COc1ccc([C@@H](NC(=O)CCc2cccc(Cl)c2)C2CC(O)C2)cn1. The molecule has 1 amide bonds. The van der Waals surface area contributed by atoms with Crippen molar-refractivity contribution in [2.45, 2.75) is 37.8 Å². The molecule has 6 heteroatoms. The molecule has 5 nitrogen and oxygen atoms in total. The number of rotatable bonds is 7. The van der Waals surface area contributed by atoms with Gasteiger partial charge in [0.15, 0.2) is 0 Å². The molecule has 0 unspecified atom stereocenters. The van der Waals surface area contributed by atoms with Crippen LogP contribution in [0.1, 0.15) is 36.4 Å². The van der Waals surface area contributed by atoms with Crippen molar-refractivity contribution in [2.75, 3.05) is 7.11 Å². The molecule has 1 aliphatic rings. The highest BCUT2D eigenvalue weighted by atomic mass is 35.5. The number of hydrogen-bond donors (Lipinski definition) is 2. The first kappa shape index (κ1) is 18.7. The van der Waals surface area contributed by atoms with E-state index in [0.717, 1.165) is 11.1 Å². The Kier molecular flexibility index (Phi) is 6.12. The van der Waals surface area contributed by atoms with Crippen molar-refractivity contribution in [3.05, 3.63) is 58.7 Å². The van der Waals surface area contributed by atoms with Gasteiger partial charge in [-0.05, 0) is 48.4 Å². The zero-order valence-electron chi connectivity index (χ0n) is 14.7. The van der Waals surface area contributed by atoms with Gasteiger partial charge in [0.05, 0.1) is 19.3 Å². The molecule has 0 saturated heterocycles. The number of carbonyl (C=O) groups is 1. The molecule has 1 aromatic carbocycles. The van der Waals surface area contributed by atoms with Crippen LogP contribution in [0.3, 0.4) is 0 Å². The van der Waals surface area contributed by atoms with Crippen LogP contribution in [-0.2, 0) is 11.2 Å².